The maximum absolute atomic E-state index is 10.4. The minimum absolute atomic E-state index is 0.135. The normalized spacial score (nSPS) is 24.1. The van der Waals surface area contributed by atoms with Crippen LogP contribution in [0.5, 0.6) is 34.5 Å². The number of methoxy groups -OCH3 is 1. The van der Waals surface area contributed by atoms with Crippen molar-refractivity contribution in [3.8, 4) is 34.5 Å². The number of phenols is 2. The van der Waals surface area contributed by atoms with Gasteiger partial charge in [-0.3, -0.25) is 0 Å². The van der Waals surface area contributed by atoms with Gasteiger partial charge in [0.05, 0.1) is 7.11 Å². The van der Waals surface area contributed by atoms with Crippen molar-refractivity contribution in [2.75, 3.05) is 41.7 Å². The lowest BCUT2D eigenvalue weighted by molar-refractivity contribution is -0.283. The zero-order valence-electron chi connectivity index (χ0n) is 18.3. The Hall–Kier alpha value is -2.88. The monoisotopic (exact) mass is 432 g/mol. The summed E-state index contributed by atoms with van der Waals surface area (Å²) in [6.07, 6.45) is 0. The van der Waals surface area contributed by atoms with E-state index in [0.29, 0.717) is 29.4 Å². The molecule has 0 spiro atoms. The van der Waals surface area contributed by atoms with Crippen molar-refractivity contribution in [2.45, 2.75) is 24.8 Å². The number of benzene rings is 2. The van der Waals surface area contributed by atoms with Gasteiger partial charge in [-0.2, -0.15) is 0 Å². The van der Waals surface area contributed by atoms with E-state index in [0.717, 1.165) is 5.56 Å². The third kappa shape index (κ3) is 3.29. The molecule has 2 aromatic carbocycles. The zero-order valence-corrected chi connectivity index (χ0v) is 18.3. The Labute approximate surface area is 181 Å². The van der Waals surface area contributed by atoms with E-state index in [-0.39, 0.29) is 30.0 Å². The van der Waals surface area contributed by atoms with E-state index >= 15 is 0 Å². The molecule has 2 aliphatic heterocycles. The number of hydrogen-bond donors (Lipinski definition) is 3. The lowest BCUT2D eigenvalue weighted by Crippen LogP contribution is -2.67. The average Bonchev–Trinajstić information content (AvgIpc) is 3.20. The molecule has 4 rings (SSSR count). The molecule has 0 aliphatic carbocycles. The van der Waals surface area contributed by atoms with Crippen LogP contribution in [0.25, 0.3) is 0 Å². The molecule has 0 saturated heterocycles. The van der Waals surface area contributed by atoms with Crippen molar-refractivity contribution in [2.24, 2.45) is 0 Å². The number of phenolic OH excluding ortho intramolecular Hbond substituents is 2. The molecule has 0 radical (unpaired) electrons. The number of nitrogens with zero attached hydrogens (tertiary/aromatic N) is 1. The molecule has 2 heterocycles. The van der Waals surface area contributed by atoms with E-state index in [1.807, 2.05) is 39.0 Å². The molecular weight excluding hydrogens is 404 g/mol. The number of aromatic hydroxyl groups is 2. The summed E-state index contributed by atoms with van der Waals surface area (Å²) < 4.78 is 29.1. The van der Waals surface area contributed by atoms with Crippen molar-refractivity contribution in [3.05, 3.63) is 35.4 Å². The first-order chi connectivity index (χ1) is 14.9. The molecule has 3 atom stereocenters. The van der Waals surface area contributed by atoms with Crippen LogP contribution in [0.3, 0.4) is 0 Å². The predicted octanol–water partition coefficient (Wildman–Crippen LogP) is 2.20. The van der Waals surface area contributed by atoms with Crippen molar-refractivity contribution in [1.82, 2.24) is 10.2 Å². The second-order valence-electron chi connectivity index (χ2n) is 7.64. The van der Waals surface area contributed by atoms with E-state index in [2.05, 4.69) is 5.32 Å². The first-order valence-electron chi connectivity index (χ1n) is 10.1. The quantitative estimate of drug-likeness (QED) is 0.468. The Morgan fingerprint density at radius 1 is 1.13 bits per heavy atom. The number of fused-ring (bicyclic) bond motifs is 2. The van der Waals surface area contributed by atoms with E-state index in [4.69, 9.17) is 23.7 Å². The van der Waals surface area contributed by atoms with Gasteiger partial charge in [-0.25, -0.2) is 4.90 Å². The summed E-state index contributed by atoms with van der Waals surface area (Å²) in [5.41, 5.74) is 1.54. The van der Waals surface area contributed by atoms with Gasteiger partial charge in [-0.15, -0.1) is 0 Å². The second kappa shape index (κ2) is 7.99. The summed E-state index contributed by atoms with van der Waals surface area (Å²) in [7, 11) is 7.02. The third-order valence-corrected chi connectivity index (χ3v) is 5.76. The summed E-state index contributed by atoms with van der Waals surface area (Å²) in [4.78, 5) is 1.87. The van der Waals surface area contributed by atoms with Gasteiger partial charge >= 0.3 is 0 Å². The standard InChI is InChI=1S/C22H28N2O7/c1-6-30-22(24(3)4)21(23-2)19(12-7-14(25)20(26)18(8-12)27-5)13-9-16-17(29-11-28-16)10-15(13)31-22/h7-10,19,21,23,25-26H,6,11H2,1-5H3. The molecule has 3 N–H and O–H groups in total. The summed E-state index contributed by atoms with van der Waals surface area (Å²) in [6, 6.07) is 6.51. The Balaban J connectivity index is 1.98. The molecule has 0 fully saturated rings. The number of likely N-dealkylation sites (N-methyl/N-ethyl adjacent to an activating group) is 2. The summed E-state index contributed by atoms with van der Waals surface area (Å²) in [5.74, 6) is -0.131. The fraction of sp³-hybridized carbons (Fsp3) is 0.455. The molecule has 9 nitrogen and oxygen atoms in total. The van der Waals surface area contributed by atoms with Gasteiger partial charge in [0.2, 0.25) is 12.5 Å². The molecule has 0 amide bonds. The average molecular weight is 432 g/mol. The van der Waals surface area contributed by atoms with Crippen LogP contribution in [0, 0.1) is 0 Å². The van der Waals surface area contributed by atoms with Gasteiger partial charge in [-0.05, 0) is 51.8 Å². The lowest BCUT2D eigenvalue weighted by atomic mass is 9.80. The highest BCUT2D eigenvalue weighted by molar-refractivity contribution is 5.60. The van der Waals surface area contributed by atoms with Crippen molar-refractivity contribution in [3.63, 3.8) is 0 Å². The van der Waals surface area contributed by atoms with Crippen LogP contribution < -0.4 is 24.3 Å². The molecule has 0 bridgehead atoms. The molecule has 9 heteroatoms. The van der Waals surface area contributed by atoms with Crippen LogP contribution in [-0.4, -0.2) is 68.7 Å². The topological polar surface area (TPSA) is 102 Å². The number of nitrogens with one attached hydrogen (secondary N) is 1. The molecular formula is C22H28N2O7. The number of hydrogen-bond acceptors (Lipinski definition) is 9. The maximum atomic E-state index is 10.4. The smallest absolute Gasteiger partial charge is 0.289 e. The first kappa shape index (κ1) is 21.4. The van der Waals surface area contributed by atoms with Crippen molar-refractivity contribution < 1.29 is 33.9 Å². The summed E-state index contributed by atoms with van der Waals surface area (Å²) in [6.45, 7) is 2.45. The van der Waals surface area contributed by atoms with Crippen LogP contribution in [0.15, 0.2) is 24.3 Å². The Morgan fingerprint density at radius 3 is 2.45 bits per heavy atom. The molecule has 0 saturated carbocycles. The van der Waals surface area contributed by atoms with Gasteiger partial charge in [0.25, 0.3) is 5.91 Å². The molecule has 168 valence electrons. The minimum Gasteiger partial charge on any atom is -0.504 e. The summed E-state index contributed by atoms with van der Waals surface area (Å²) in [5, 5.41) is 23.9. The molecule has 3 unspecified atom stereocenters. The van der Waals surface area contributed by atoms with Crippen LogP contribution in [0.1, 0.15) is 24.0 Å². The highest BCUT2D eigenvalue weighted by Gasteiger charge is 2.53. The molecule has 0 aromatic heterocycles. The fourth-order valence-electron chi connectivity index (χ4n) is 4.38. The van der Waals surface area contributed by atoms with Crippen LogP contribution >= 0.6 is 0 Å². The Morgan fingerprint density at radius 2 is 1.84 bits per heavy atom. The second-order valence-corrected chi connectivity index (χ2v) is 7.64. The van der Waals surface area contributed by atoms with Gasteiger partial charge < -0.3 is 39.2 Å². The number of ether oxygens (including phenoxy) is 5. The van der Waals surface area contributed by atoms with Crippen molar-refractivity contribution in [1.29, 1.82) is 0 Å². The lowest BCUT2D eigenvalue weighted by Gasteiger charge is -2.50. The highest BCUT2D eigenvalue weighted by atomic mass is 16.7. The minimum atomic E-state index is -1.16. The molecule has 2 aliphatic rings. The molecule has 31 heavy (non-hydrogen) atoms. The van der Waals surface area contributed by atoms with Gasteiger partial charge in [0, 0.05) is 24.2 Å². The van der Waals surface area contributed by atoms with E-state index in [1.165, 1.54) is 13.2 Å². The third-order valence-electron chi connectivity index (χ3n) is 5.76. The maximum Gasteiger partial charge on any atom is 0.289 e. The van der Waals surface area contributed by atoms with E-state index in [9.17, 15) is 10.2 Å². The Kier molecular flexibility index (Phi) is 5.50. The van der Waals surface area contributed by atoms with Gasteiger partial charge in [-0.1, -0.05) is 0 Å². The van der Waals surface area contributed by atoms with Crippen molar-refractivity contribution >= 4 is 0 Å². The fourth-order valence-corrected chi connectivity index (χ4v) is 4.38. The number of rotatable bonds is 6. The highest BCUT2D eigenvalue weighted by Crippen LogP contribution is 2.52. The first-order valence-corrected chi connectivity index (χ1v) is 10.1. The predicted molar refractivity (Wildman–Crippen MR) is 112 cm³/mol. The largest absolute Gasteiger partial charge is 0.504 e. The Bertz CT molecular complexity index is 981. The van der Waals surface area contributed by atoms with Crippen LogP contribution in [0.4, 0.5) is 0 Å². The summed E-state index contributed by atoms with van der Waals surface area (Å²) >= 11 is 0. The van der Waals surface area contributed by atoms with Gasteiger partial charge in [0.15, 0.2) is 23.0 Å². The van der Waals surface area contributed by atoms with E-state index in [1.54, 1.807) is 12.1 Å². The molecule has 2 aromatic rings. The van der Waals surface area contributed by atoms with Crippen LogP contribution in [0.2, 0.25) is 0 Å². The van der Waals surface area contributed by atoms with E-state index < -0.39 is 12.0 Å². The zero-order chi connectivity index (χ0) is 22.3. The SMILES string of the molecule is CCOC1(N(C)C)Oc2cc3c(cc2C(c2cc(O)c(O)c(OC)c2)C1NC)OCO3. The van der Waals surface area contributed by atoms with Crippen LogP contribution in [-0.2, 0) is 4.74 Å². The van der Waals surface area contributed by atoms with Gasteiger partial charge in [0.1, 0.15) is 11.8 Å².